The van der Waals surface area contributed by atoms with Crippen LogP contribution in [0.3, 0.4) is 0 Å². The monoisotopic (exact) mass is 281 g/mol. The molecule has 102 valence electrons. The molecule has 21 heavy (non-hydrogen) atoms. The number of aryl methyl sites for hydroxylation is 1. The summed E-state index contributed by atoms with van der Waals surface area (Å²) in [5, 5.41) is 28.6. The molecule has 1 aromatic heterocycles. The zero-order chi connectivity index (χ0) is 15.4. The van der Waals surface area contributed by atoms with E-state index in [-0.39, 0.29) is 28.7 Å². The Morgan fingerprint density at radius 1 is 1.24 bits per heavy atom. The average Bonchev–Trinajstić information content (AvgIpc) is 2.46. The van der Waals surface area contributed by atoms with Gasteiger partial charge in [-0.05, 0) is 25.1 Å². The van der Waals surface area contributed by atoms with E-state index in [2.05, 4.69) is 9.97 Å². The summed E-state index contributed by atoms with van der Waals surface area (Å²) in [6.45, 7) is 1.64. The van der Waals surface area contributed by atoms with E-state index in [4.69, 9.17) is 15.3 Å². The first-order chi connectivity index (χ1) is 10.0. The molecule has 0 radical (unpaired) electrons. The molecule has 1 heterocycles. The van der Waals surface area contributed by atoms with Gasteiger partial charge in [0.1, 0.15) is 11.8 Å². The molecule has 0 aliphatic carbocycles. The maximum Gasteiger partial charge on any atom is 0.323 e. The number of nitro groups is 1. The molecular weight excluding hydrogens is 274 g/mol. The minimum Gasteiger partial charge on any atom is -0.417 e. The van der Waals surface area contributed by atoms with Crippen molar-refractivity contribution in [2.45, 2.75) is 6.92 Å². The van der Waals surface area contributed by atoms with Gasteiger partial charge in [-0.3, -0.25) is 10.1 Å². The molecule has 8 nitrogen and oxygen atoms in total. The van der Waals surface area contributed by atoms with Crippen molar-refractivity contribution >= 4 is 5.69 Å². The molecule has 0 bridgehead atoms. The van der Waals surface area contributed by atoms with Gasteiger partial charge in [-0.2, -0.15) is 15.5 Å². The van der Waals surface area contributed by atoms with Crippen LogP contribution in [0.4, 0.5) is 5.69 Å². The van der Waals surface area contributed by atoms with Crippen molar-refractivity contribution in [2.24, 2.45) is 0 Å². The molecule has 0 atom stereocenters. The summed E-state index contributed by atoms with van der Waals surface area (Å²) in [5.74, 6) is -0.103. The fraction of sp³-hybridized carbons (Fsp3) is 0.0769. The number of nitrogens with zero attached hydrogens (tertiary/aromatic N) is 5. The second kappa shape index (κ2) is 5.63. The van der Waals surface area contributed by atoms with E-state index in [1.165, 1.54) is 18.2 Å². The summed E-state index contributed by atoms with van der Waals surface area (Å²) in [6.07, 6.45) is 0. The second-order valence-corrected chi connectivity index (χ2v) is 3.94. The number of hydrogen-bond donors (Lipinski definition) is 0. The normalized spacial score (nSPS) is 9.48. The molecule has 1 aromatic carbocycles. The van der Waals surface area contributed by atoms with E-state index >= 15 is 0 Å². The van der Waals surface area contributed by atoms with Gasteiger partial charge in [0, 0.05) is 11.8 Å². The Labute approximate surface area is 119 Å². The van der Waals surface area contributed by atoms with Crippen LogP contribution in [0.2, 0.25) is 0 Å². The van der Waals surface area contributed by atoms with E-state index in [1.807, 2.05) is 6.07 Å². The predicted octanol–water partition coefficient (Wildman–Crippen LogP) is 2.23. The molecule has 0 saturated carbocycles. The SMILES string of the molecule is Cc1cc(C#N)nc(Oc2ccc(C#N)cc2[N+](=O)[O-])n1. The summed E-state index contributed by atoms with van der Waals surface area (Å²) in [5.41, 5.74) is 0.344. The first-order valence-corrected chi connectivity index (χ1v) is 5.65. The van der Waals surface area contributed by atoms with Gasteiger partial charge < -0.3 is 4.74 Å². The number of rotatable bonds is 3. The lowest BCUT2D eigenvalue weighted by Crippen LogP contribution is -1.99. The molecule has 0 unspecified atom stereocenters. The van der Waals surface area contributed by atoms with Crippen LogP contribution in [0.25, 0.3) is 0 Å². The number of ether oxygens (including phenoxy) is 1. The molecule has 0 N–H and O–H groups in total. The van der Waals surface area contributed by atoms with Gasteiger partial charge in [-0.1, -0.05) is 0 Å². The van der Waals surface area contributed by atoms with Crippen molar-refractivity contribution in [3.05, 3.63) is 51.3 Å². The quantitative estimate of drug-likeness (QED) is 0.623. The molecule has 0 saturated heterocycles. The van der Waals surface area contributed by atoms with Gasteiger partial charge in [-0.25, -0.2) is 4.98 Å². The summed E-state index contributed by atoms with van der Waals surface area (Å²) < 4.78 is 5.27. The first kappa shape index (κ1) is 13.9. The maximum atomic E-state index is 11.0. The van der Waals surface area contributed by atoms with Crippen LogP contribution >= 0.6 is 0 Å². The number of nitro benzene ring substituents is 1. The highest BCUT2D eigenvalue weighted by Gasteiger charge is 2.18. The largest absolute Gasteiger partial charge is 0.417 e. The Kier molecular flexibility index (Phi) is 3.73. The van der Waals surface area contributed by atoms with E-state index in [9.17, 15) is 10.1 Å². The van der Waals surface area contributed by atoms with Crippen LogP contribution in [0.1, 0.15) is 17.0 Å². The smallest absolute Gasteiger partial charge is 0.323 e. The first-order valence-electron chi connectivity index (χ1n) is 5.65. The molecule has 0 spiro atoms. The lowest BCUT2D eigenvalue weighted by atomic mass is 10.2. The van der Waals surface area contributed by atoms with Gasteiger partial charge in [0.05, 0.1) is 16.6 Å². The molecule has 2 rings (SSSR count). The van der Waals surface area contributed by atoms with E-state index < -0.39 is 4.92 Å². The minimum absolute atomic E-state index is 0.0915. The predicted molar refractivity (Wildman–Crippen MR) is 69.4 cm³/mol. The third-order valence-electron chi connectivity index (χ3n) is 2.43. The van der Waals surface area contributed by atoms with Crippen LogP contribution in [0.15, 0.2) is 24.3 Å². The summed E-state index contributed by atoms with van der Waals surface area (Å²) in [7, 11) is 0. The maximum absolute atomic E-state index is 11.0. The lowest BCUT2D eigenvalue weighted by molar-refractivity contribution is -0.385. The standard InChI is InChI=1S/C13H7N5O3/c1-8-4-10(7-15)17-13(16-8)21-12-3-2-9(6-14)5-11(12)18(19)20/h2-5H,1H3. The van der Waals surface area contributed by atoms with E-state index in [1.54, 1.807) is 13.0 Å². The second-order valence-electron chi connectivity index (χ2n) is 3.94. The van der Waals surface area contributed by atoms with Crippen LogP contribution < -0.4 is 4.74 Å². The Morgan fingerprint density at radius 2 is 2.00 bits per heavy atom. The highest BCUT2D eigenvalue weighted by molar-refractivity contribution is 5.52. The zero-order valence-electron chi connectivity index (χ0n) is 10.8. The average molecular weight is 281 g/mol. The van der Waals surface area contributed by atoms with Crippen LogP contribution in [-0.2, 0) is 0 Å². The highest BCUT2D eigenvalue weighted by atomic mass is 16.6. The Hall–Kier alpha value is -3.52. The van der Waals surface area contributed by atoms with Gasteiger partial charge in [0.15, 0.2) is 0 Å². The third-order valence-corrected chi connectivity index (χ3v) is 2.43. The van der Waals surface area contributed by atoms with Crippen molar-refractivity contribution in [3.63, 3.8) is 0 Å². The minimum atomic E-state index is -0.669. The molecular formula is C13H7N5O3. The molecule has 0 amide bonds. The van der Waals surface area contributed by atoms with E-state index in [0.29, 0.717) is 5.69 Å². The molecule has 0 aliphatic heterocycles. The third kappa shape index (κ3) is 3.08. The molecule has 2 aromatic rings. The van der Waals surface area contributed by atoms with Crippen molar-refractivity contribution in [3.8, 4) is 23.9 Å². The van der Waals surface area contributed by atoms with E-state index in [0.717, 1.165) is 6.07 Å². The topological polar surface area (TPSA) is 126 Å². The van der Waals surface area contributed by atoms with Gasteiger partial charge in [0.2, 0.25) is 5.75 Å². The van der Waals surface area contributed by atoms with Gasteiger partial charge in [-0.15, -0.1) is 0 Å². The Morgan fingerprint density at radius 3 is 2.62 bits per heavy atom. The zero-order valence-corrected chi connectivity index (χ0v) is 10.8. The number of aromatic nitrogens is 2. The summed E-state index contributed by atoms with van der Waals surface area (Å²) >= 11 is 0. The van der Waals surface area contributed by atoms with Crippen LogP contribution in [0.5, 0.6) is 11.8 Å². The van der Waals surface area contributed by atoms with Gasteiger partial charge in [0.25, 0.3) is 0 Å². The van der Waals surface area contributed by atoms with Crippen molar-refractivity contribution in [1.82, 2.24) is 9.97 Å². The molecule has 0 fully saturated rings. The lowest BCUT2D eigenvalue weighted by Gasteiger charge is -2.05. The fourth-order valence-corrected chi connectivity index (χ4v) is 1.56. The summed E-state index contributed by atoms with van der Waals surface area (Å²) in [4.78, 5) is 18.1. The van der Waals surface area contributed by atoms with Crippen molar-refractivity contribution < 1.29 is 9.66 Å². The fourth-order valence-electron chi connectivity index (χ4n) is 1.56. The molecule has 0 aliphatic rings. The van der Waals surface area contributed by atoms with Crippen molar-refractivity contribution in [2.75, 3.05) is 0 Å². The van der Waals surface area contributed by atoms with Crippen LogP contribution in [-0.4, -0.2) is 14.9 Å². The van der Waals surface area contributed by atoms with Gasteiger partial charge >= 0.3 is 11.7 Å². The number of benzene rings is 1. The molecule has 8 heteroatoms. The highest BCUT2D eigenvalue weighted by Crippen LogP contribution is 2.30. The number of hydrogen-bond acceptors (Lipinski definition) is 7. The Balaban J connectivity index is 2.45. The Bertz CT molecular complexity index is 804. The number of nitriles is 2. The summed E-state index contributed by atoms with van der Waals surface area (Å²) in [6, 6.07) is 8.70. The van der Waals surface area contributed by atoms with Crippen molar-refractivity contribution in [1.29, 1.82) is 10.5 Å². The van der Waals surface area contributed by atoms with Crippen LogP contribution in [0, 0.1) is 39.7 Å².